The van der Waals surface area contributed by atoms with Crippen molar-refractivity contribution in [1.29, 1.82) is 0 Å². The largest absolute Gasteiger partial charge is 0.357 e. The Labute approximate surface area is 132 Å². The van der Waals surface area contributed by atoms with E-state index in [-0.39, 0.29) is 5.91 Å². The number of carbonyl (C=O) groups excluding carboxylic acids is 1. The first kappa shape index (κ1) is 16.3. The van der Waals surface area contributed by atoms with E-state index in [0.29, 0.717) is 24.7 Å². The molecule has 2 unspecified atom stereocenters. The molecule has 0 saturated heterocycles. The molecule has 1 amide bonds. The summed E-state index contributed by atoms with van der Waals surface area (Å²) in [5.74, 6) is 1.57. The predicted octanol–water partition coefficient (Wildman–Crippen LogP) is 1.90. The number of guanidine groups is 1. The molecule has 0 radical (unpaired) electrons. The molecule has 2 rings (SSSR count). The molecule has 5 heteroatoms. The van der Waals surface area contributed by atoms with Gasteiger partial charge in [0.1, 0.15) is 0 Å². The van der Waals surface area contributed by atoms with Crippen LogP contribution >= 0.6 is 0 Å². The molecule has 2 atom stereocenters. The maximum atomic E-state index is 11.7. The van der Waals surface area contributed by atoms with E-state index in [2.05, 4.69) is 34.8 Å². The van der Waals surface area contributed by atoms with Gasteiger partial charge in [0.05, 0.1) is 6.54 Å². The van der Waals surface area contributed by atoms with Gasteiger partial charge in [0.2, 0.25) is 0 Å². The van der Waals surface area contributed by atoms with Crippen molar-refractivity contribution in [3.8, 4) is 0 Å². The Morgan fingerprint density at radius 3 is 2.36 bits per heavy atom. The summed E-state index contributed by atoms with van der Waals surface area (Å²) in [6.45, 7) is 8.31. The van der Waals surface area contributed by atoms with Crippen molar-refractivity contribution in [3.05, 3.63) is 35.4 Å². The smallest absolute Gasteiger partial charge is 0.251 e. The third-order valence-electron chi connectivity index (χ3n) is 3.75. The Morgan fingerprint density at radius 2 is 1.82 bits per heavy atom. The summed E-state index contributed by atoms with van der Waals surface area (Å²) in [6, 6.07) is 8.16. The molecule has 1 aromatic carbocycles. The maximum absolute atomic E-state index is 11.7. The lowest BCUT2D eigenvalue weighted by Crippen LogP contribution is -2.39. The highest BCUT2D eigenvalue weighted by Crippen LogP contribution is 2.28. The maximum Gasteiger partial charge on any atom is 0.251 e. The van der Waals surface area contributed by atoms with Crippen molar-refractivity contribution in [2.75, 3.05) is 13.1 Å². The molecule has 1 aliphatic rings. The predicted molar refractivity (Wildman–Crippen MR) is 90.0 cm³/mol. The van der Waals surface area contributed by atoms with E-state index < -0.39 is 0 Å². The van der Waals surface area contributed by atoms with Gasteiger partial charge < -0.3 is 16.0 Å². The fourth-order valence-corrected chi connectivity index (χ4v) is 2.21. The van der Waals surface area contributed by atoms with Gasteiger partial charge in [0.15, 0.2) is 5.96 Å². The monoisotopic (exact) mass is 302 g/mol. The summed E-state index contributed by atoms with van der Waals surface area (Å²) >= 11 is 0. The van der Waals surface area contributed by atoms with Crippen LogP contribution in [0.2, 0.25) is 0 Å². The van der Waals surface area contributed by atoms with Gasteiger partial charge in [-0.2, -0.15) is 0 Å². The van der Waals surface area contributed by atoms with E-state index in [1.54, 1.807) is 0 Å². The fourth-order valence-electron chi connectivity index (χ4n) is 2.21. The van der Waals surface area contributed by atoms with E-state index in [1.165, 1.54) is 6.42 Å². The number of nitrogens with one attached hydrogen (secondary N) is 3. The number of hydrogen-bond donors (Lipinski definition) is 3. The van der Waals surface area contributed by atoms with E-state index in [9.17, 15) is 4.79 Å². The van der Waals surface area contributed by atoms with Crippen molar-refractivity contribution in [2.24, 2.45) is 10.9 Å². The standard InChI is InChI=1S/C17H26N4O/c1-4-18-16(22)14-8-6-13(7-9-14)11-20-17(19-5-2)21-15-10-12(15)3/h6-9,12,15H,4-5,10-11H2,1-3H3,(H,18,22)(H2,19,20,21). The minimum Gasteiger partial charge on any atom is -0.357 e. The first-order chi connectivity index (χ1) is 10.6. The molecule has 1 aliphatic carbocycles. The van der Waals surface area contributed by atoms with Crippen LogP contribution in [0.4, 0.5) is 0 Å². The van der Waals surface area contributed by atoms with Crippen molar-refractivity contribution in [2.45, 2.75) is 39.8 Å². The van der Waals surface area contributed by atoms with E-state index in [4.69, 9.17) is 0 Å². The second kappa shape index (κ2) is 7.82. The molecule has 1 saturated carbocycles. The average molecular weight is 302 g/mol. The van der Waals surface area contributed by atoms with Gasteiger partial charge in [-0.05, 0) is 43.9 Å². The minimum absolute atomic E-state index is 0.0322. The zero-order valence-electron chi connectivity index (χ0n) is 13.6. The third kappa shape index (κ3) is 4.76. The van der Waals surface area contributed by atoms with Gasteiger partial charge in [-0.15, -0.1) is 0 Å². The molecule has 22 heavy (non-hydrogen) atoms. The van der Waals surface area contributed by atoms with E-state index in [0.717, 1.165) is 24.0 Å². The van der Waals surface area contributed by atoms with Gasteiger partial charge in [-0.25, -0.2) is 4.99 Å². The number of benzene rings is 1. The molecule has 0 aliphatic heterocycles. The van der Waals surface area contributed by atoms with Crippen LogP contribution in [0.5, 0.6) is 0 Å². The molecule has 5 nitrogen and oxygen atoms in total. The highest BCUT2D eigenvalue weighted by molar-refractivity contribution is 5.94. The van der Waals surface area contributed by atoms with Gasteiger partial charge in [-0.1, -0.05) is 19.1 Å². The average Bonchev–Trinajstić information content (AvgIpc) is 3.21. The molecule has 3 N–H and O–H groups in total. The molecule has 0 spiro atoms. The molecule has 1 aromatic rings. The summed E-state index contributed by atoms with van der Waals surface area (Å²) in [5, 5.41) is 9.49. The van der Waals surface area contributed by atoms with Crippen molar-refractivity contribution >= 4 is 11.9 Å². The molecule has 1 fully saturated rings. The topological polar surface area (TPSA) is 65.5 Å². The van der Waals surface area contributed by atoms with E-state index >= 15 is 0 Å². The molecule has 0 bridgehead atoms. The number of nitrogens with zero attached hydrogens (tertiary/aromatic N) is 1. The second-order valence-electron chi connectivity index (χ2n) is 5.72. The molecular formula is C17H26N4O. The molecule has 0 heterocycles. The second-order valence-corrected chi connectivity index (χ2v) is 5.72. The molecule has 120 valence electrons. The Balaban J connectivity index is 1.93. The van der Waals surface area contributed by atoms with Crippen LogP contribution < -0.4 is 16.0 Å². The van der Waals surface area contributed by atoms with Crippen LogP contribution in [0.3, 0.4) is 0 Å². The van der Waals surface area contributed by atoms with Crippen molar-refractivity contribution in [1.82, 2.24) is 16.0 Å². The fraction of sp³-hybridized carbons (Fsp3) is 0.529. The molecular weight excluding hydrogens is 276 g/mol. The first-order valence-electron chi connectivity index (χ1n) is 8.06. The van der Waals surface area contributed by atoms with Crippen molar-refractivity contribution < 1.29 is 4.79 Å². The van der Waals surface area contributed by atoms with Crippen LogP contribution in [0.25, 0.3) is 0 Å². The summed E-state index contributed by atoms with van der Waals surface area (Å²) in [7, 11) is 0. The van der Waals surface area contributed by atoms with Crippen molar-refractivity contribution in [3.63, 3.8) is 0 Å². The van der Waals surface area contributed by atoms with E-state index in [1.807, 2.05) is 31.2 Å². The van der Waals surface area contributed by atoms with Crippen LogP contribution in [0.15, 0.2) is 29.3 Å². The SMILES string of the molecule is CCNC(=O)c1ccc(CN=C(NCC)NC2CC2C)cc1. The summed E-state index contributed by atoms with van der Waals surface area (Å²) < 4.78 is 0. The minimum atomic E-state index is -0.0322. The van der Waals surface area contributed by atoms with Crippen LogP contribution in [0.1, 0.15) is 43.1 Å². The lowest BCUT2D eigenvalue weighted by molar-refractivity contribution is 0.0956. The zero-order chi connectivity index (χ0) is 15.9. The zero-order valence-corrected chi connectivity index (χ0v) is 13.6. The van der Waals surface area contributed by atoms with Crippen LogP contribution in [-0.4, -0.2) is 31.0 Å². The lowest BCUT2D eigenvalue weighted by atomic mass is 10.1. The third-order valence-corrected chi connectivity index (χ3v) is 3.75. The Morgan fingerprint density at radius 1 is 1.18 bits per heavy atom. The lowest BCUT2D eigenvalue weighted by Gasteiger charge is -2.10. The number of rotatable bonds is 6. The van der Waals surface area contributed by atoms with Gasteiger partial charge in [0.25, 0.3) is 5.91 Å². The Kier molecular flexibility index (Phi) is 5.81. The van der Waals surface area contributed by atoms with Gasteiger partial charge in [0, 0.05) is 24.7 Å². The van der Waals surface area contributed by atoms with Crippen LogP contribution in [0, 0.1) is 5.92 Å². The summed E-state index contributed by atoms with van der Waals surface area (Å²) in [4.78, 5) is 16.3. The quantitative estimate of drug-likeness (QED) is 0.555. The Bertz CT molecular complexity index is 524. The number of hydrogen-bond acceptors (Lipinski definition) is 2. The molecule has 0 aromatic heterocycles. The summed E-state index contributed by atoms with van der Waals surface area (Å²) in [5.41, 5.74) is 1.78. The number of amides is 1. The highest BCUT2D eigenvalue weighted by atomic mass is 16.1. The summed E-state index contributed by atoms with van der Waals surface area (Å²) in [6.07, 6.45) is 1.21. The Hall–Kier alpha value is -2.04. The van der Waals surface area contributed by atoms with Gasteiger partial charge >= 0.3 is 0 Å². The number of carbonyl (C=O) groups is 1. The first-order valence-corrected chi connectivity index (χ1v) is 8.06. The normalized spacial score (nSPS) is 20.4. The number of aliphatic imine (C=N–C) groups is 1. The highest BCUT2D eigenvalue weighted by Gasteiger charge is 2.33. The van der Waals surface area contributed by atoms with Gasteiger partial charge in [-0.3, -0.25) is 4.79 Å². The van der Waals surface area contributed by atoms with Crippen LogP contribution in [-0.2, 0) is 6.54 Å².